The van der Waals surface area contributed by atoms with E-state index >= 15 is 0 Å². The molecule has 4 heteroatoms. The van der Waals surface area contributed by atoms with E-state index in [-0.39, 0.29) is 17.2 Å². The highest BCUT2D eigenvalue weighted by molar-refractivity contribution is 7.40. The fourth-order valence-electron chi connectivity index (χ4n) is 3.27. The standard InChI is InChI=1S/C24H41O3P/c1-20(27-24(2,3)4)22-15-12-14-21(19-22)13-8-5-6-10-17-26-18-11-7-9-16-23(25)28/h12,14-15,19-20H,5-11,13,16-18,28H2,1-4H3. The molecule has 0 aliphatic rings. The fraction of sp³-hybridized carbons (Fsp3) is 0.708. The van der Waals surface area contributed by atoms with Crippen molar-refractivity contribution in [3.8, 4) is 0 Å². The average molecular weight is 409 g/mol. The molecule has 28 heavy (non-hydrogen) atoms. The lowest BCUT2D eigenvalue weighted by molar-refractivity contribution is -0.111. The molecule has 0 saturated carbocycles. The first-order chi connectivity index (χ1) is 13.3. The summed E-state index contributed by atoms with van der Waals surface area (Å²) in [4.78, 5) is 10.8. The van der Waals surface area contributed by atoms with Crippen molar-refractivity contribution in [2.24, 2.45) is 0 Å². The van der Waals surface area contributed by atoms with Crippen LogP contribution in [0.3, 0.4) is 0 Å². The minimum absolute atomic E-state index is 0.120. The van der Waals surface area contributed by atoms with Gasteiger partial charge in [-0.15, -0.1) is 0 Å². The van der Waals surface area contributed by atoms with Crippen LogP contribution in [0, 0.1) is 0 Å². The molecule has 0 aliphatic heterocycles. The van der Waals surface area contributed by atoms with Gasteiger partial charge in [0.2, 0.25) is 0 Å². The van der Waals surface area contributed by atoms with E-state index in [1.807, 2.05) is 0 Å². The zero-order valence-electron chi connectivity index (χ0n) is 18.5. The molecule has 0 saturated heterocycles. The van der Waals surface area contributed by atoms with Crippen LogP contribution >= 0.6 is 9.24 Å². The van der Waals surface area contributed by atoms with Gasteiger partial charge in [-0.1, -0.05) is 52.8 Å². The predicted molar refractivity (Wildman–Crippen MR) is 122 cm³/mol. The normalized spacial score (nSPS) is 12.9. The van der Waals surface area contributed by atoms with Gasteiger partial charge < -0.3 is 9.47 Å². The van der Waals surface area contributed by atoms with Crippen LogP contribution in [0.5, 0.6) is 0 Å². The van der Waals surface area contributed by atoms with Gasteiger partial charge in [0.1, 0.15) is 5.52 Å². The van der Waals surface area contributed by atoms with Gasteiger partial charge >= 0.3 is 0 Å². The van der Waals surface area contributed by atoms with E-state index in [9.17, 15) is 4.79 Å². The molecule has 3 nitrogen and oxygen atoms in total. The largest absolute Gasteiger partial charge is 0.381 e. The van der Waals surface area contributed by atoms with Crippen molar-refractivity contribution in [2.45, 2.75) is 97.2 Å². The van der Waals surface area contributed by atoms with Gasteiger partial charge in [0.15, 0.2) is 0 Å². The molecule has 0 N–H and O–H groups in total. The van der Waals surface area contributed by atoms with Crippen molar-refractivity contribution in [3.63, 3.8) is 0 Å². The van der Waals surface area contributed by atoms with Crippen LogP contribution in [-0.2, 0) is 20.7 Å². The number of benzene rings is 1. The van der Waals surface area contributed by atoms with E-state index in [0.717, 1.165) is 45.3 Å². The van der Waals surface area contributed by atoms with E-state index in [0.29, 0.717) is 6.42 Å². The van der Waals surface area contributed by atoms with Crippen molar-refractivity contribution in [2.75, 3.05) is 13.2 Å². The molecule has 0 aliphatic carbocycles. The maximum Gasteiger partial charge on any atom is 0.148 e. The first-order valence-electron chi connectivity index (χ1n) is 10.9. The molecule has 0 bridgehead atoms. The highest BCUT2D eigenvalue weighted by Gasteiger charge is 2.16. The third-order valence-corrected chi connectivity index (χ3v) is 4.96. The summed E-state index contributed by atoms with van der Waals surface area (Å²) in [5.74, 6) is 0. The lowest BCUT2D eigenvalue weighted by Gasteiger charge is -2.25. The Hall–Kier alpha value is -0.760. The molecule has 2 atom stereocenters. The highest BCUT2D eigenvalue weighted by Crippen LogP contribution is 2.24. The SMILES string of the molecule is CC(OC(C)(C)C)c1cccc(CCCCCCOCCCCCC(=O)P)c1. The lowest BCUT2D eigenvalue weighted by Crippen LogP contribution is -2.21. The van der Waals surface area contributed by atoms with Crippen molar-refractivity contribution in [3.05, 3.63) is 35.4 Å². The Balaban J connectivity index is 2.07. The maximum absolute atomic E-state index is 10.8. The quantitative estimate of drug-likeness (QED) is 0.241. The maximum atomic E-state index is 10.8. The number of hydrogen-bond acceptors (Lipinski definition) is 3. The van der Waals surface area contributed by atoms with Crippen molar-refractivity contribution < 1.29 is 14.3 Å². The molecule has 0 radical (unpaired) electrons. The van der Waals surface area contributed by atoms with E-state index in [2.05, 4.69) is 61.2 Å². The third kappa shape index (κ3) is 13.4. The lowest BCUT2D eigenvalue weighted by atomic mass is 10.0. The summed E-state index contributed by atoms with van der Waals surface area (Å²) in [7, 11) is 2.24. The Morgan fingerprint density at radius 1 is 1.00 bits per heavy atom. The van der Waals surface area contributed by atoms with E-state index in [4.69, 9.17) is 9.47 Å². The molecule has 1 aromatic carbocycles. The number of aryl methyl sites for hydroxylation is 1. The zero-order valence-corrected chi connectivity index (χ0v) is 19.6. The number of carbonyl (C=O) groups excluding carboxylic acids is 1. The highest BCUT2D eigenvalue weighted by atomic mass is 31.0. The summed E-state index contributed by atoms with van der Waals surface area (Å²) in [5, 5.41) is 0. The van der Waals surface area contributed by atoms with Crippen LogP contribution < -0.4 is 0 Å². The van der Waals surface area contributed by atoms with E-state index < -0.39 is 0 Å². The summed E-state index contributed by atoms with van der Waals surface area (Å²) < 4.78 is 11.8. The summed E-state index contributed by atoms with van der Waals surface area (Å²) in [6.45, 7) is 10.1. The monoisotopic (exact) mass is 408 g/mol. The Bertz CT molecular complexity index is 551. The molecule has 0 aromatic heterocycles. The van der Waals surface area contributed by atoms with Crippen LogP contribution in [0.25, 0.3) is 0 Å². The van der Waals surface area contributed by atoms with Crippen LogP contribution in [0.15, 0.2) is 24.3 Å². The smallest absolute Gasteiger partial charge is 0.148 e. The Morgan fingerprint density at radius 3 is 2.29 bits per heavy atom. The van der Waals surface area contributed by atoms with Gasteiger partial charge in [-0.2, -0.15) is 0 Å². The topological polar surface area (TPSA) is 35.5 Å². The first-order valence-corrected chi connectivity index (χ1v) is 11.5. The molecule has 1 aromatic rings. The second kappa shape index (κ2) is 14.3. The minimum Gasteiger partial charge on any atom is -0.381 e. The van der Waals surface area contributed by atoms with Gasteiger partial charge in [0.25, 0.3) is 0 Å². The molecule has 0 amide bonds. The summed E-state index contributed by atoms with van der Waals surface area (Å²) in [6, 6.07) is 8.83. The van der Waals surface area contributed by atoms with Crippen LogP contribution in [0.4, 0.5) is 0 Å². The van der Waals surface area contributed by atoms with Crippen LogP contribution in [-0.4, -0.2) is 24.3 Å². The van der Waals surface area contributed by atoms with Crippen molar-refractivity contribution in [1.29, 1.82) is 0 Å². The van der Waals surface area contributed by atoms with Gasteiger partial charge in [-0.25, -0.2) is 0 Å². The number of hydrogen-bond donors (Lipinski definition) is 0. The van der Waals surface area contributed by atoms with Crippen LogP contribution in [0.2, 0.25) is 0 Å². The predicted octanol–water partition coefficient (Wildman–Crippen LogP) is 6.64. The van der Waals surface area contributed by atoms with Gasteiger partial charge in [0, 0.05) is 19.6 Å². The Kier molecular flexibility index (Phi) is 12.9. The van der Waals surface area contributed by atoms with Gasteiger partial charge in [-0.3, -0.25) is 4.79 Å². The molecule has 0 fully saturated rings. The number of ether oxygens (including phenoxy) is 2. The number of carbonyl (C=O) groups is 1. The molecular formula is C24H41O3P. The Morgan fingerprint density at radius 2 is 1.64 bits per heavy atom. The molecular weight excluding hydrogens is 367 g/mol. The zero-order chi connectivity index (χ0) is 20.8. The average Bonchev–Trinajstić information content (AvgIpc) is 2.61. The third-order valence-electron chi connectivity index (χ3n) is 4.67. The Labute approximate surface area is 175 Å². The summed E-state index contributed by atoms with van der Waals surface area (Å²) in [5.41, 5.74) is 2.76. The van der Waals surface area contributed by atoms with E-state index in [1.165, 1.54) is 30.4 Å². The summed E-state index contributed by atoms with van der Waals surface area (Å²) in [6.07, 6.45) is 9.89. The van der Waals surface area contributed by atoms with Gasteiger partial charge in [0.05, 0.1) is 11.7 Å². The fourth-order valence-corrected chi connectivity index (χ4v) is 3.47. The molecule has 160 valence electrons. The summed E-state index contributed by atoms with van der Waals surface area (Å²) >= 11 is 0. The second-order valence-corrected chi connectivity index (χ2v) is 9.31. The van der Waals surface area contributed by atoms with Crippen molar-refractivity contribution >= 4 is 14.8 Å². The molecule has 1 rings (SSSR count). The molecule has 2 unspecified atom stereocenters. The minimum atomic E-state index is -0.120. The van der Waals surface area contributed by atoms with Gasteiger partial charge in [-0.05, 0) is 70.9 Å². The number of unbranched alkanes of at least 4 members (excludes halogenated alkanes) is 5. The molecule has 0 heterocycles. The second-order valence-electron chi connectivity index (χ2n) is 8.67. The molecule has 0 spiro atoms. The first kappa shape index (κ1) is 25.3. The van der Waals surface area contributed by atoms with E-state index in [1.54, 1.807) is 0 Å². The van der Waals surface area contributed by atoms with Crippen molar-refractivity contribution in [1.82, 2.24) is 0 Å². The van der Waals surface area contributed by atoms with Crippen LogP contribution in [0.1, 0.15) is 96.3 Å². The number of rotatable bonds is 15.